The van der Waals surface area contributed by atoms with E-state index in [0.717, 1.165) is 17.5 Å². The number of carbonyl (C=O) groups is 1. The van der Waals surface area contributed by atoms with Crippen LogP contribution in [0.25, 0.3) is 0 Å². The predicted octanol–water partition coefficient (Wildman–Crippen LogP) is 4.90. The van der Waals surface area contributed by atoms with Crippen molar-refractivity contribution < 1.29 is 14.8 Å². The lowest BCUT2D eigenvalue weighted by molar-refractivity contribution is -0.384. The van der Waals surface area contributed by atoms with E-state index in [4.69, 9.17) is 0 Å². The van der Waals surface area contributed by atoms with Crippen LogP contribution in [0.2, 0.25) is 0 Å². The number of nitrogens with zero attached hydrogens (tertiary/aromatic N) is 3. The summed E-state index contributed by atoms with van der Waals surface area (Å²) in [6, 6.07) is 19.8. The molecule has 6 rings (SSSR count). The molecule has 1 N–H and O–H groups in total. The standard InChI is InChI=1S/C27H25N3O4/c1-16-12-23(16)22-11-6-18(14-25(22)31)26-28-15-19-5-3-2-4-17(19)13-24(28)27(32)29(26)20-7-9-21(10-8-20)30(33)34/h2-11,14,16,23-24,26,31H,12-13,15H2,1H3/t16?,23?,24-,26?/m0/s1. The zero-order chi connectivity index (χ0) is 23.6. The first kappa shape index (κ1) is 20.9. The van der Waals surface area contributed by atoms with Gasteiger partial charge in [-0.15, -0.1) is 0 Å². The topological polar surface area (TPSA) is 86.9 Å². The molecule has 1 saturated heterocycles. The van der Waals surface area contributed by atoms with Crippen molar-refractivity contribution in [1.82, 2.24) is 4.90 Å². The van der Waals surface area contributed by atoms with Gasteiger partial charge in [0.25, 0.3) is 5.69 Å². The second-order valence-corrected chi connectivity index (χ2v) is 9.65. The van der Waals surface area contributed by atoms with Crippen LogP contribution in [0.1, 0.15) is 47.7 Å². The summed E-state index contributed by atoms with van der Waals surface area (Å²) in [5.41, 5.74) is 4.75. The smallest absolute Gasteiger partial charge is 0.269 e. The lowest BCUT2D eigenvalue weighted by Crippen LogP contribution is -2.39. The monoisotopic (exact) mass is 455 g/mol. The molecule has 2 heterocycles. The number of carbonyl (C=O) groups excluding carboxylic acids is 1. The maximum atomic E-state index is 13.8. The summed E-state index contributed by atoms with van der Waals surface area (Å²) in [4.78, 5) is 28.4. The molecule has 3 unspecified atom stereocenters. The molecular formula is C27H25N3O4. The van der Waals surface area contributed by atoms with Gasteiger partial charge in [-0.3, -0.25) is 24.7 Å². The van der Waals surface area contributed by atoms with Gasteiger partial charge < -0.3 is 5.11 Å². The third-order valence-electron chi connectivity index (χ3n) is 7.57. The number of hydrogen-bond donors (Lipinski definition) is 1. The number of anilines is 1. The van der Waals surface area contributed by atoms with Crippen molar-refractivity contribution in [3.05, 3.63) is 99.1 Å². The Morgan fingerprint density at radius 2 is 1.74 bits per heavy atom. The molecule has 0 radical (unpaired) electrons. The van der Waals surface area contributed by atoms with Crippen LogP contribution in [0, 0.1) is 16.0 Å². The summed E-state index contributed by atoms with van der Waals surface area (Å²) in [7, 11) is 0. The number of rotatable bonds is 4. The van der Waals surface area contributed by atoms with Gasteiger partial charge in [0.1, 0.15) is 11.9 Å². The van der Waals surface area contributed by atoms with Crippen LogP contribution >= 0.6 is 0 Å². The van der Waals surface area contributed by atoms with Gasteiger partial charge in [0, 0.05) is 24.4 Å². The van der Waals surface area contributed by atoms with Crippen LogP contribution in [0.4, 0.5) is 11.4 Å². The lowest BCUT2D eigenvalue weighted by Gasteiger charge is -2.35. The fraction of sp³-hybridized carbons (Fsp3) is 0.296. The van der Waals surface area contributed by atoms with Crippen molar-refractivity contribution in [1.29, 1.82) is 0 Å². The van der Waals surface area contributed by atoms with Crippen LogP contribution in [0.3, 0.4) is 0 Å². The van der Waals surface area contributed by atoms with E-state index < -0.39 is 11.1 Å². The molecule has 0 aromatic heterocycles. The molecule has 3 aromatic rings. The fourth-order valence-corrected chi connectivity index (χ4v) is 5.59. The van der Waals surface area contributed by atoms with E-state index in [1.54, 1.807) is 23.1 Å². The molecule has 7 heteroatoms. The number of hydrogen-bond acceptors (Lipinski definition) is 5. The Labute approximate surface area is 197 Å². The molecule has 0 bridgehead atoms. The van der Waals surface area contributed by atoms with Crippen molar-refractivity contribution >= 4 is 17.3 Å². The van der Waals surface area contributed by atoms with E-state index in [9.17, 15) is 20.0 Å². The maximum absolute atomic E-state index is 13.8. The van der Waals surface area contributed by atoms with Crippen LogP contribution in [0.15, 0.2) is 66.7 Å². The number of non-ortho nitro benzene ring substituents is 1. The van der Waals surface area contributed by atoms with Crippen molar-refractivity contribution in [2.45, 2.75) is 44.4 Å². The quantitative estimate of drug-likeness (QED) is 0.447. The molecule has 0 spiro atoms. The fourth-order valence-electron chi connectivity index (χ4n) is 5.59. The highest BCUT2D eigenvalue weighted by Gasteiger charge is 2.49. The van der Waals surface area contributed by atoms with E-state index in [2.05, 4.69) is 24.0 Å². The van der Waals surface area contributed by atoms with Gasteiger partial charge in [-0.05, 0) is 65.1 Å². The maximum Gasteiger partial charge on any atom is 0.269 e. The zero-order valence-electron chi connectivity index (χ0n) is 18.8. The minimum atomic E-state index is -0.442. The molecule has 1 aliphatic carbocycles. The summed E-state index contributed by atoms with van der Waals surface area (Å²) in [5.74, 6) is 1.19. The van der Waals surface area contributed by atoms with Gasteiger partial charge in [-0.25, -0.2) is 0 Å². The Balaban J connectivity index is 1.44. The number of phenolic OH excluding ortho intramolecular Hbond substituents is 1. The lowest BCUT2D eigenvalue weighted by atomic mass is 9.94. The number of benzene rings is 3. The average Bonchev–Trinajstić information content (AvgIpc) is 3.49. The van der Waals surface area contributed by atoms with Gasteiger partial charge in [0.2, 0.25) is 5.91 Å². The molecule has 4 atom stereocenters. The Bertz CT molecular complexity index is 1310. The van der Waals surface area contributed by atoms with Crippen molar-refractivity contribution in [2.24, 2.45) is 5.92 Å². The summed E-state index contributed by atoms with van der Waals surface area (Å²) < 4.78 is 0. The molecular weight excluding hydrogens is 430 g/mol. The van der Waals surface area contributed by atoms with Crippen LogP contribution < -0.4 is 4.90 Å². The summed E-state index contributed by atoms with van der Waals surface area (Å²) in [5, 5.41) is 22.0. The highest BCUT2D eigenvalue weighted by molar-refractivity contribution is 6.00. The van der Waals surface area contributed by atoms with E-state index in [1.807, 2.05) is 24.3 Å². The molecule has 34 heavy (non-hydrogen) atoms. The molecule has 3 aromatic carbocycles. The van der Waals surface area contributed by atoms with Gasteiger partial charge in [0.15, 0.2) is 0 Å². The number of phenols is 1. The number of fused-ring (bicyclic) bond motifs is 2. The van der Waals surface area contributed by atoms with Gasteiger partial charge in [0.05, 0.1) is 11.0 Å². The molecule has 7 nitrogen and oxygen atoms in total. The minimum Gasteiger partial charge on any atom is -0.508 e. The van der Waals surface area contributed by atoms with Crippen LogP contribution in [-0.2, 0) is 17.8 Å². The highest BCUT2D eigenvalue weighted by atomic mass is 16.6. The first-order chi connectivity index (χ1) is 16.4. The third kappa shape index (κ3) is 3.27. The van der Waals surface area contributed by atoms with E-state index in [1.165, 1.54) is 23.3 Å². The normalized spacial score (nSPS) is 25.7. The number of aromatic hydroxyl groups is 1. The Kier molecular flexibility index (Phi) is 4.71. The van der Waals surface area contributed by atoms with Crippen LogP contribution in [0.5, 0.6) is 5.75 Å². The van der Waals surface area contributed by atoms with E-state index in [0.29, 0.717) is 30.5 Å². The molecule has 2 fully saturated rings. The Morgan fingerprint density at radius 3 is 2.38 bits per heavy atom. The Hall–Kier alpha value is -3.71. The summed E-state index contributed by atoms with van der Waals surface area (Å²) in [6.07, 6.45) is 1.27. The van der Waals surface area contributed by atoms with Crippen molar-refractivity contribution in [3.8, 4) is 5.75 Å². The molecule has 172 valence electrons. The van der Waals surface area contributed by atoms with Crippen molar-refractivity contribution in [3.63, 3.8) is 0 Å². The zero-order valence-corrected chi connectivity index (χ0v) is 18.8. The third-order valence-corrected chi connectivity index (χ3v) is 7.57. The van der Waals surface area contributed by atoms with Crippen LogP contribution in [-0.4, -0.2) is 26.9 Å². The summed E-state index contributed by atoms with van der Waals surface area (Å²) >= 11 is 0. The summed E-state index contributed by atoms with van der Waals surface area (Å²) in [6.45, 7) is 2.79. The second-order valence-electron chi connectivity index (χ2n) is 9.65. The van der Waals surface area contributed by atoms with E-state index >= 15 is 0 Å². The highest BCUT2D eigenvalue weighted by Crippen LogP contribution is 2.51. The predicted molar refractivity (Wildman–Crippen MR) is 127 cm³/mol. The number of amides is 1. The number of nitro benzene ring substituents is 1. The Morgan fingerprint density at radius 1 is 1.03 bits per heavy atom. The largest absolute Gasteiger partial charge is 0.508 e. The molecule has 2 aliphatic heterocycles. The first-order valence-corrected chi connectivity index (χ1v) is 11.6. The average molecular weight is 456 g/mol. The second kappa shape index (κ2) is 7.67. The van der Waals surface area contributed by atoms with Gasteiger partial charge in [-0.2, -0.15) is 0 Å². The first-order valence-electron chi connectivity index (χ1n) is 11.6. The SMILES string of the molecule is CC1CC1c1ccc(C2N(c3ccc([N+](=O)[O-])cc3)C(=O)[C@@H]3Cc4ccccc4CN23)cc1O. The molecule has 3 aliphatic rings. The minimum absolute atomic E-state index is 0.0161. The molecule has 1 saturated carbocycles. The van der Waals surface area contributed by atoms with Crippen molar-refractivity contribution in [2.75, 3.05) is 4.90 Å². The van der Waals surface area contributed by atoms with E-state index in [-0.39, 0.29) is 23.4 Å². The van der Waals surface area contributed by atoms with Gasteiger partial charge in [-0.1, -0.05) is 43.3 Å². The van der Waals surface area contributed by atoms with Gasteiger partial charge >= 0.3 is 0 Å². The molecule has 1 amide bonds. The number of nitro groups is 1.